The Balaban J connectivity index is 1.96. The van der Waals surface area contributed by atoms with E-state index < -0.39 is 0 Å². The maximum Gasteiger partial charge on any atom is 0.112 e. The molecule has 0 aliphatic carbocycles. The van der Waals surface area contributed by atoms with E-state index in [2.05, 4.69) is 27.7 Å². The Morgan fingerprint density at radius 1 is 1.00 bits per heavy atom. The lowest BCUT2D eigenvalue weighted by atomic mass is 9.90. The van der Waals surface area contributed by atoms with E-state index in [1.807, 2.05) is 0 Å². The van der Waals surface area contributed by atoms with E-state index >= 15 is 0 Å². The molecule has 2 aliphatic heterocycles. The molecule has 0 spiro atoms. The summed E-state index contributed by atoms with van der Waals surface area (Å²) in [6.45, 7) is 10.1. The average molecular weight is 214 g/mol. The molecule has 2 fully saturated rings. The quantitative estimate of drug-likeness (QED) is 0.717. The number of ether oxygens (including phenoxy) is 3. The van der Waals surface area contributed by atoms with Gasteiger partial charge in [0.2, 0.25) is 0 Å². The third-order valence-corrected chi connectivity index (χ3v) is 3.35. The molecule has 0 saturated carbocycles. The second-order valence-corrected chi connectivity index (χ2v) is 5.23. The zero-order valence-electron chi connectivity index (χ0n) is 10.1. The number of hydrogen-bond acceptors (Lipinski definition) is 3. The van der Waals surface area contributed by atoms with E-state index in [1.54, 1.807) is 0 Å². The van der Waals surface area contributed by atoms with Gasteiger partial charge in [-0.15, -0.1) is 0 Å². The van der Waals surface area contributed by atoms with Crippen molar-refractivity contribution in [3.8, 4) is 0 Å². The molecule has 2 rings (SSSR count). The second-order valence-electron chi connectivity index (χ2n) is 5.23. The van der Waals surface area contributed by atoms with Gasteiger partial charge in [-0.05, 0) is 19.8 Å². The monoisotopic (exact) mass is 214 g/mol. The molecule has 0 aromatic carbocycles. The highest BCUT2D eigenvalue weighted by Gasteiger charge is 2.49. The van der Waals surface area contributed by atoms with Crippen LogP contribution in [0.4, 0.5) is 0 Å². The van der Waals surface area contributed by atoms with E-state index in [0.29, 0.717) is 18.4 Å². The van der Waals surface area contributed by atoms with Gasteiger partial charge in [-0.3, -0.25) is 0 Å². The SMILES string of the molecule is CC(C)O[C@H]1CO[C@@H]2[C@H]1OC[C@@H]2C(C)C. The summed E-state index contributed by atoms with van der Waals surface area (Å²) < 4.78 is 17.4. The largest absolute Gasteiger partial charge is 0.372 e. The topological polar surface area (TPSA) is 27.7 Å². The molecule has 0 aromatic rings. The fraction of sp³-hybridized carbons (Fsp3) is 1.00. The average Bonchev–Trinajstić information content (AvgIpc) is 2.66. The van der Waals surface area contributed by atoms with Gasteiger partial charge < -0.3 is 14.2 Å². The maximum absolute atomic E-state index is 5.81. The van der Waals surface area contributed by atoms with Gasteiger partial charge in [-0.2, -0.15) is 0 Å². The minimum Gasteiger partial charge on any atom is -0.372 e. The van der Waals surface area contributed by atoms with Crippen molar-refractivity contribution in [2.45, 2.75) is 52.1 Å². The zero-order chi connectivity index (χ0) is 11.0. The van der Waals surface area contributed by atoms with Gasteiger partial charge >= 0.3 is 0 Å². The summed E-state index contributed by atoms with van der Waals surface area (Å²) >= 11 is 0. The summed E-state index contributed by atoms with van der Waals surface area (Å²) in [5, 5.41) is 0. The standard InChI is InChI=1S/C12H22O3/c1-7(2)9-5-13-12-10(15-8(3)4)6-14-11(9)12/h7-12H,5-6H2,1-4H3/t9-,10+,11+,12+/m1/s1. The van der Waals surface area contributed by atoms with Crippen LogP contribution in [0.5, 0.6) is 0 Å². The Morgan fingerprint density at radius 2 is 1.67 bits per heavy atom. The lowest BCUT2D eigenvalue weighted by Crippen LogP contribution is -2.33. The summed E-state index contributed by atoms with van der Waals surface area (Å²) in [4.78, 5) is 0. The normalized spacial score (nSPS) is 40.4. The Labute approximate surface area is 92.1 Å². The van der Waals surface area contributed by atoms with E-state index in [9.17, 15) is 0 Å². The second kappa shape index (κ2) is 4.40. The Hall–Kier alpha value is -0.120. The molecule has 0 amide bonds. The van der Waals surface area contributed by atoms with Crippen LogP contribution < -0.4 is 0 Å². The lowest BCUT2D eigenvalue weighted by Gasteiger charge is -2.20. The van der Waals surface area contributed by atoms with Crippen molar-refractivity contribution in [1.82, 2.24) is 0 Å². The first-order valence-corrected chi connectivity index (χ1v) is 5.98. The predicted octanol–water partition coefficient (Wildman–Crippen LogP) is 1.85. The minimum atomic E-state index is 0.138. The van der Waals surface area contributed by atoms with Crippen molar-refractivity contribution in [2.75, 3.05) is 13.2 Å². The molecular weight excluding hydrogens is 192 g/mol. The van der Waals surface area contributed by atoms with Crippen molar-refractivity contribution < 1.29 is 14.2 Å². The van der Waals surface area contributed by atoms with Gasteiger partial charge in [-0.25, -0.2) is 0 Å². The molecule has 2 heterocycles. The highest BCUT2D eigenvalue weighted by atomic mass is 16.6. The van der Waals surface area contributed by atoms with Crippen LogP contribution in [0.25, 0.3) is 0 Å². The molecule has 0 unspecified atom stereocenters. The first-order chi connectivity index (χ1) is 7.09. The van der Waals surface area contributed by atoms with Crippen LogP contribution in [-0.2, 0) is 14.2 Å². The van der Waals surface area contributed by atoms with E-state index in [0.717, 1.165) is 6.61 Å². The molecule has 2 aliphatic rings. The molecule has 88 valence electrons. The molecule has 15 heavy (non-hydrogen) atoms. The summed E-state index contributed by atoms with van der Waals surface area (Å²) in [7, 11) is 0. The molecule has 0 bridgehead atoms. The van der Waals surface area contributed by atoms with Gasteiger partial charge in [-0.1, -0.05) is 13.8 Å². The van der Waals surface area contributed by atoms with Crippen LogP contribution >= 0.6 is 0 Å². The Bertz CT molecular complexity index is 215. The lowest BCUT2D eigenvalue weighted by molar-refractivity contribution is -0.0587. The Kier molecular flexibility index (Phi) is 3.33. The van der Waals surface area contributed by atoms with Crippen molar-refractivity contribution in [3.05, 3.63) is 0 Å². The minimum absolute atomic E-state index is 0.138. The number of hydrogen-bond donors (Lipinski definition) is 0. The van der Waals surface area contributed by atoms with Crippen molar-refractivity contribution in [2.24, 2.45) is 11.8 Å². The van der Waals surface area contributed by atoms with Gasteiger partial charge in [0.05, 0.1) is 25.4 Å². The van der Waals surface area contributed by atoms with Crippen molar-refractivity contribution >= 4 is 0 Å². The first-order valence-electron chi connectivity index (χ1n) is 5.98. The highest BCUT2D eigenvalue weighted by molar-refractivity contribution is 4.95. The van der Waals surface area contributed by atoms with Crippen LogP contribution in [0.15, 0.2) is 0 Å². The fourth-order valence-corrected chi connectivity index (χ4v) is 2.53. The van der Waals surface area contributed by atoms with E-state index in [-0.39, 0.29) is 24.4 Å². The molecule has 0 aromatic heterocycles. The molecule has 0 radical (unpaired) electrons. The molecule has 3 nitrogen and oxygen atoms in total. The molecular formula is C12H22O3. The van der Waals surface area contributed by atoms with Gasteiger partial charge in [0, 0.05) is 5.92 Å². The van der Waals surface area contributed by atoms with Gasteiger partial charge in [0.1, 0.15) is 12.2 Å². The van der Waals surface area contributed by atoms with Crippen LogP contribution in [0, 0.1) is 11.8 Å². The van der Waals surface area contributed by atoms with Crippen molar-refractivity contribution in [3.63, 3.8) is 0 Å². The number of rotatable bonds is 3. The molecule has 4 atom stereocenters. The van der Waals surface area contributed by atoms with E-state index in [4.69, 9.17) is 14.2 Å². The summed E-state index contributed by atoms with van der Waals surface area (Å²) in [5.74, 6) is 1.16. The third kappa shape index (κ3) is 2.19. The summed E-state index contributed by atoms with van der Waals surface area (Å²) in [5.41, 5.74) is 0. The van der Waals surface area contributed by atoms with Crippen LogP contribution in [0.2, 0.25) is 0 Å². The number of fused-ring (bicyclic) bond motifs is 1. The zero-order valence-corrected chi connectivity index (χ0v) is 10.1. The maximum atomic E-state index is 5.81. The van der Waals surface area contributed by atoms with Crippen LogP contribution in [-0.4, -0.2) is 37.6 Å². The highest BCUT2D eigenvalue weighted by Crippen LogP contribution is 2.36. The van der Waals surface area contributed by atoms with Gasteiger partial charge in [0.15, 0.2) is 0 Å². The predicted molar refractivity (Wildman–Crippen MR) is 57.8 cm³/mol. The Morgan fingerprint density at radius 3 is 2.27 bits per heavy atom. The third-order valence-electron chi connectivity index (χ3n) is 3.35. The molecule has 2 saturated heterocycles. The molecule has 0 N–H and O–H groups in total. The van der Waals surface area contributed by atoms with E-state index in [1.165, 1.54) is 0 Å². The smallest absolute Gasteiger partial charge is 0.112 e. The van der Waals surface area contributed by atoms with Crippen molar-refractivity contribution in [1.29, 1.82) is 0 Å². The first kappa shape index (κ1) is 11.4. The van der Waals surface area contributed by atoms with Crippen LogP contribution in [0.3, 0.4) is 0 Å². The van der Waals surface area contributed by atoms with Gasteiger partial charge in [0.25, 0.3) is 0 Å². The van der Waals surface area contributed by atoms with Crippen LogP contribution in [0.1, 0.15) is 27.7 Å². The summed E-state index contributed by atoms with van der Waals surface area (Å²) in [6.07, 6.45) is 0.811. The fourth-order valence-electron chi connectivity index (χ4n) is 2.53. The molecule has 3 heteroatoms. The summed E-state index contributed by atoms with van der Waals surface area (Å²) in [6, 6.07) is 0.